The van der Waals surface area contributed by atoms with E-state index in [1.165, 1.54) is 7.05 Å². The minimum atomic E-state index is -3.26. The van der Waals surface area contributed by atoms with Gasteiger partial charge in [0.25, 0.3) is 0 Å². The lowest BCUT2D eigenvalue weighted by atomic mass is 9.76. The highest BCUT2D eigenvalue weighted by atomic mass is 32.2. The number of hydrogen-bond acceptors (Lipinski definition) is 4. The van der Waals surface area contributed by atoms with E-state index < -0.39 is 10.0 Å². The van der Waals surface area contributed by atoms with Crippen LogP contribution in [0.25, 0.3) is 0 Å². The van der Waals surface area contributed by atoms with Gasteiger partial charge < -0.3 is 10.6 Å². The van der Waals surface area contributed by atoms with Crippen LogP contribution in [0.3, 0.4) is 0 Å². The third-order valence-corrected chi connectivity index (χ3v) is 5.01. The summed E-state index contributed by atoms with van der Waals surface area (Å²) in [4.78, 5) is 12.3. The number of nitrogens with one attached hydrogen (secondary N) is 3. The van der Waals surface area contributed by atoms with Crippen molar-refractivity contribution in [1.82, 2.24) is 15.4 Å². The number of sulfonamides is 1. The highest BCUT2D eigenvalue weighted by Crippen LogP contribution is 2.31. The first kappa shape index (κ1) is 16.4. The molecule has 0 aromatic rings. The van der Waals surface area contributed by atoms with Crippen molar-refractivity contribution in [3.05, 3.63) is 0 Å². The Balaban J connectivity index is 2.53. The Morgan fingerprint density at radius 3 is 2.68 bits per heavy atom. The third kappa shape index (κ3) is 4.74. The van der Waals surface area contributed by atoms with Gasteiger partial charge in [0.1, 0.15) is 0 Å². The summed E-state index contributed by atoms with van der Waals surface area (Å²) in [6.45, 7) is 3.86. The van der Waals surface area contributed by atoms with Gasteiger partial charge in [-0.1, -0.05) is 13.3 Å². The fourth-order valence-corrected chi connectivity index (χ4v) is 3.13. The molecule has 0 aromatic heterocycles. The predicted molar refractivity (Wildman–Crippen MR) is 75.3 cm³/mol. The largest absolute Gasteiger partial charge is 0.355 e. The van der Waals surface area contributed by atoms with E-state index >= 15 is 0 Å². The maximum Gasteiger partial charge on any atom is 0.227 e. The third-order valence-electron chi connectivity index (χ3n) is 3.65. The molecule has 0 saturated carbocycles. The topological polar surface area (TPSA) is 87.3 Å². The summed E-state index contributed by atoms with van der Waals surface area (Å²) < 4.78 is 24.8. The molecule has 1 aliphatic rings. The first-order valence-corrected chi connectivity index (χ1v) is 8.51. The summed E-state index contributed by atoms with van der Waals surface area (Å²) >= 11 is 0. The molecule has 6 nitrogen and oxygen atoms in total. The van der Waals surface area contributed by atoms with Crippen molar-refractivity contribution in [2.45, 2.75) is 32.6 Å². The molecule has 1 heterocycles. The lowest BCUT2D eigenvalue weighted by molar-refractivity contribution is -0.132. The average Bonchev–Trinajstić information content (AvgIpc) is 2.40. The molecule has 0 radical (unpaired) electrons. The van der Waals surface area contributed by atoms with Crippen LogP contribution in [0.15, 0.2) is 0 Å². The fourth-order valence-electron chi connectivity index (χ4n) is 2.56. The summed E-state index contributed by atoms with van der Waals surface area (Å²) in [5.41, 5.74) is -0.365. The zero-order valence-corrected chi connectivity index (χ0v) is 12.6. The van der Waals surface area contributed by atoms with Crippen molar-refractivity contribution in [2.24, 2.45) is 5.41 Å². The lowest BCUT2D eigenvalue weighted by Gasteiger charge is -2.36. The van der Waals surface area contributed by atoms with Gasteiger partial charge in [-0.3, -0.25) is 4.79 Å². The van der Waals surface area contributed by atoms with Crippen LogP contribution in [0.5, 0.6) is 0 Å². The second-order valence-electron chi connectivity index (χ2n) is 5.09. The molecular formula is C12H25N3O3S. The second-order valence-corrected chi connectivity index (χ2v) is 7.14. The number of piperidine rings is 1. The Kier molecular flexibility index (Phi) is 6.22. The first-order valence-electron chi connectivity index (χ1n) is 6.86. The van der Waals surface area contributed by atoms with Crippen molar-refractivity contribution in [2.75, 3.05) is 32.4 Å². The molecule has 1 rings (SSSR count). The van der Waals surface area contributed by atoms with Crippen LogP contribution in [0.2, 0.25) is 0 Å². The molecule has 1 fully saturated rings. The molecule has 0 aliphatic carbocycles. The Morgan fingerprint density at radius 1 is 1.42 bits per heavy atom. The molecule has 7 heteroatoms. The predicted octanol–water partition coefficient (Wildman–Crippen LogP) is -0.178. The molecule has 0 bridgehead atoms. The van der Waals surface area contributed by atoms with Gasteiger partial charge in [0.2, 0.25) is 15.9 Å². The Labute approximate surface area is 115 Å². The standard InChI is InChI=1S/C12H25N3O3S/c1-3-5-12(6-4-7-14-10-12)11(16)15-8-9-19(17,18)13-2/h13-14H,3-10H2,1-2H3,(H,15,16). The zero-order valence-electron chi connectivity index (χ0n) is 11.8. The highest BCUT2D eigenvalue weighted by Gasteiger charge is 2.38. The van der Waals surface area contributed by atoms with Gasteiger partial charge in [-0.05, 0) is 32.9 Å². The van der Waals surface area contributed by atoms with E-state index in [9.17, 15) is 13.2 Å². The van der Waals surface area contributed by atoms with Gasteiger partial charge in [-0.25, -0.2) is 13.1 Å². The summed E-state index contributed by atoms with van der Waals surface area (Å²) in [5.74, 6) is -0.0990. The summed E-state index contributed by atoms with van der Waals surface area (Å²) in [7, 11) is -1.88. The molecule has 112 valence electrons. The van der Waals surface area contributed by atoms with Crippen LogP contribution in [0, 0.1) is 5.41 Å². The van der Waals surface area contributed by atoms with Crippen LogP contribution < -0.4 is 15.4 Å². The normalized spacial score (nSPS) is 24.1. The van der Waals surface area contributed by atoms with Gasteiger partial charge in [-0.15, -0.1) is 0 Å². The SMILES string of the molecule is CCCC1(C(=O)NCCS(=O)(=O)NC)CCCNC1. The van der Waals surface area contributed by atoms with Gasteiger partial charge in [0.05, 0.1) is 11.2 Å². The van der Waals surface area contributed by atoms with Gasteiger partial charge >= 0.3 is 0 Å². The number of rotatable bonds is 7. The summed E-state index contributed by atoms with van der Waals surface area (Å²) in [5, 5.41) is 6.04. The lowest BCUT2D eigenvalue weighted by Crippen LogP contribution is -2.51. The van der Waals surface area contributed by atoms with Gasteiger partial charge in [0, 0.05) is 13.1 Å². The van der Waals surface area contributed by atoms with Crippen LogP contribution in [-0.4, -0.2) is 46.8 Å². The smallest absolute Gasteiger partial charge is 0.227 e. The van der Waals surface area contributed by atoms with Crippen LogP contribution in [-0.2, 0) is 14.8 Å². The second kappa shape index (κ2) is 7.21. The van der Waals surface area contributed by atoms with Gasteiger partial charge in [-0.2, -0.15) is 0 Å². The highest BCUT2D eigenvalue weighted by molar-refractivity contribution is 7.89. The minimum absolute atomic E-state index is 0.0205. The number of carbonyl (C=O) groups is 1. The van der Waals surface area contributed by atoms with E-state index in [2.05, 4.69) is 22.3 Å². The van der Waals surface area contributed by atoms with E-state index in [0.29, 0.717) is 6.54 Å². The Hall–Kier alpha value is -0.660. The average molecular weight is 291 g/mol. The molecule has 0 aromatic carbocycles. The van der Waals surface area contributed by atoms with E-state index in [4.69, 9.17) is 0 Å². The molecule has 1 aliphatic heterocycles. The number of hydrogen-bond donors (Lipinski definition) is 3. The van der Waals surface area contributed by atoms with Gasteiger partial charge in [0.15, 0.2) is 0 Å². The van der Waals surface area contributed by atoms with E-state index in [1.54, 1.807) is 0 Å². The minimum Gasteiger partial charge on any atom is -0.355 e. The van der Waals surface area contributed by atoms with Crippen LogP contribution >= 0.6 is 0 Å². The van der Waals surface area contributed by atoms with Crippen LogP contribution in [0.4, 0.5) is 0 Å². The Bertz CT molecular complexity index is 384. The van der Waals surface area contributed by atoms with Crippen LogP contribution in [0.1, 0.15) is 32.6 Å². The maximum absolute atomic E-state index is 12.3. The maximum atomic E-state index is 12.3. The number of amides is 1. The molecule has 0 spiro atoms. The molecule has 3 N–H and O–H groups in total. The van der Waals surface area contributed by atoms with Crippen molar-refractivity contribution in [3.63, 3.8) is 0 Å². The molecule has 1 saturated heterocycles. The van der Waals surface area contributed by atoms with Crippen molar-refractivity contribution in [3.8, 4) is 0 Å². The molecular weight excluding hydrogens is 266 g/mol. The fraction of sp³-hybridized carbons (Fsp3) is 0.917. The summed E-state index contributed by atoms with van der Waals surface area (Å²) in [6.07, 6.45) is 3.65. The quantitative estimate of drug-likeness (QED) is 0.607. The van der Waals surface area contributed by atoms with Crippen molar-refractivity contribution >= 4 is 15.9 Å². The molecule has 1 atom stereocenters. The van der Waals surface area contributed by atoms with E-state index in [-0.39, 0.29) is 23.6 Å². The van der Waals surface area contributed by atoms with Crippen molar-refractivity contribution in [1.29, 1.82) is 0 Å². The molecule has 19 heavy (non-hydrogen) atoms. The van der Waals surface area contributed by atoms with E-state index in [1.807, 2.05) is 0 Å². The Morgan fingerprint density at radius 2 is 2.16 bits per heavy atom. The first-order chi connectivity index (χ1) is 8.96. The zero-order chi connectivity index (χ0) is 14.4. The number of carbonyl (C=O) groups excluding carboxylic acids is 1. The summed E-state index contributed by atoms with van der Waals surface area (Å²) in [6, 6.07) is 0. The molecule has 1 unspecified atom stereocenters. The molecule has 1 amide bonds. The monoisotopic (exact) mass is 291 g/mol. The van der Waals surface area contributed by atoms with Crippen molar-refractivity contribution < 1.29 is 13.2 Å². The van der Waals surface area contributed by atoms with E-state index in [0.717, 1.165) is 32.2 Å².